The third kappa shape index (κ3) is 2.34. The normalized spacial score (nSPS) is 8.44. The van der Waals surface area contributed by atoms with E-state index in [4.69, 9.17) is 10.4 Å². The summed E-state index contributed by atoms with van der Waals surface area (Å²) in [6, 6.07) is 4.95. The van der Waals surface area contributed by atoms with Crippen molar-refractivity contribution in [2.75, 3.05) is 0 Å². The molecule has 1 aromatic carbocycles. The van der Waals surface area contributed by atoms with E-state index in [9.17, 15) is 14.9 Å². The van der Waals surface area contributed by atoms with Gasteiger partial charge >= 0.3 is 5.97 Å². The second-order valence-corrected chi connectivity index (χ2v) is 2.66. The summed E-state index contributed by atoms with van der Waals surface area (Å²) in [7, 11) is 0. The second kappa shape index (κ2) is 4.58. The first-order chi connectivity index (χ1) is 7.56. The molecular weight excluding hydrogens is 212 g/mol. The third-order valence-corrected chi connectivity index (χ3v) is 1.69. The maximum absolute atomic E-state index is 10.7. The molecular formula is C10H4N2O4. The highest BCUT2D eigenvalue weighted by Gasteiger charge is 2.19. The third-order valence-electron chi connectivity index (χ3n) is 1.69. The van der Waals surface area contributed by atoms with Gasteiger partial charge in [-0.25, -0.2) is 4.79 Å². The van der Waals surface area contributed by atoms with E-state index in [1.165, 1.54) is 6.07 Å². The lowest BCUT2D eigenvalue weighted by molar-refractivity contribution is -0.385. The fraction of sp³-hybridized carbons (Fsp3) is 0. The monoisotopic (exact) mass is 216 g/mol. The molecule has 0 bridgehead atoms. The number of nitro benzene ring substituents is 1. The van der Waals surface area contributed by atoms with Crippen molar-refractivity contribution < 1.29 is 14.8 Å². The average Bonchev–Trinajstić information content (AvgIpc) is 2.25. The predicted molar refractivity (Wildman–Crippen MR) is 52.5 cm³/mol. The number of benzene rings is 1. The van der Waals surface area contributed by atoms with Gasteiger partial charge in [0.1, 0.15) is 5.56 Å². The van der Waals surface area contributed by atoms with E-state index in [2.05, 4.69) is 11.8 Å². The molecule has 1 rings (SSSR count). The van der Waals surface area contributed by atoms with Crippen molar-refractivity contribution in [3.63, 3.8) is 0 Å². The van der Waals surface area contributed by atoms with E-state index in [-0.39, 0.29) is 5.56 Å². The van der Waals surface area contributed by atoms with Gasteiger partial charge in [0.2, 0.25) is 0 Å². The van der Waals surface area contributed by atoms with Gasteiger partial charge in [0.05, 0.1) is 4.92 Å². The minimum atomic E-state index is -1.41. The van der Waals surface area contributed by atoms with Gasteiger partial charge in [-0.05, 0) is 12.1 Å². The van der Waals surface area contributed by atoms with Crippen LogP contribution >= 0.6 is 0 Å². The van der Waals surface area contributed by atoms with Gasteiger partial charge in [0, 0.05) is 17.6 Å². The molecule has 0 spiro atoms. The number of nitro groups is 1. The number of carbonyl (C=O) groups is 1. The van der Waals surface area contributed by atoms with E-state index in [0.717, 1.165) is 12.1 Å². The van der Waals surface area contributed by atoms with Crippen LogP contribution in [-0.2, 0) is 0 Å². The van der Waals surface area contributed by atoms with Crippen LogP contribution in [0.15, 0.2) is 18.2 Å². The molecule has 0 unspecified atom stereocenters. The summed E-state index contributed by atoms with van der Waals surface area (Å²) in [5.41, 5.74) is -0.714. The molecule has 0 amide bonds. The summed E-state index contributed by atoms with van der Waals surface area (Å²) in [5, 5.41) is 27.5. The number of carboxylic acid groups (broad SMARTS) is 1. The summed E-state index contributed by atoms with van der Waals surface area (Å²) in [6.45, 7) is 0. The van der Waals surface area contributed by atoms with Crippen molar-refractivity contribution in [3.05, 3.63) is 39.4 Å². The zero-order chi connectivity index (χ0) is 12.1. The smallest absolute Gasteiger partial charge is 0.342 e. The molecule has 6 heteroatoms. The molecule has 0 radical (unpaired) electrons. The van der Waals surface area contributed by atoms with Crippen molar-refractivity contribution in [3.8, 4) is 17.9 Å². The fourth-order valence-corrected chi connectivity index (χ4v) is 1.04. The minimum Gasteiger partial charge on any atom is -0.477 e. The van der Waals surface area contributed by atoms with E-state index in [0.29, 0.717) is 0 Å². The topological polar surface area (TPSA) is 104 Å². The standard InChI is InChI=1S/C10H4N2O4/c11-5-1-2-7-3-4-9(12(15)16)8(6-7)10(13)14/h3-4,6H,(H,13,14). The van der Waals surface area contributed by atoms with Crippen LogP contribution in [0.4, 0.5) is 5.69 Å². The fourth-order valence-electron chi connectivity index (χ4n) is 1.04. The number of carboxylic acids is 1. The second-order valence-electron chi connectivity index (χ2n) is 2.66. The number of nitriles is 1. The Morgan fingerprint density at radius 3 is 2.69 bits per heavy atom. The van der Waals surface area contributed by atoms with Crippen LogP contribution in [0.25, 0.3) is 0 Å². The number of hydrogen-bond donors (Lipinski definition) is 1. The Kier molecular flexibility index (Phi) is 3.21. The first-order valence-corrected chi connectivity index (χ1v) is 3.98. The Labute approximate surface area is 89.9 Å². The highest BCUT2D eigenvalue weighted by molar-refractivity contribution is 5.92. The van der Waals surface area contributed by atoms with E-state index in [1.807, 2.05) is 0 Å². The van der Waals surface area contributed by atoms with Crippen molar-refractivity contribution in [1.29, 1.82) is 5.26 Å². The molecule has 16 heavy (non-hydrogen) atoms. The van der Waals surface area contributed by atoms with Gasteiger partial charge in [-0.15, -0.1) is 0 Å². The van der Waals surface area contributed by atoms with Crippen LogP contribution in [0.1, 0.15) is 15.9 Å². The van der Waals surface area contributed by atoms with Gasteiger partial charge in [-0.3, -0.25) is 10.1 Å². The van der Waals surface area contributed by atoms with Crippen LogP contribution in [0.3, 0.4) is 0 Å². The van der Waals surface area contributed by atoms with Crippen LogP contribution in [-0.4, -0.2) is 16.0 Å². The number of aromatic carboxylic acids is 1. The molecule has 0 heterocycles. The van der Waals surface area contributed by atoms with E-state index >= 15 is 0 Å². The lowest BCUT2D eigenvalue weighted by Crippen LogP contribution is -2.02. The summed E-state index contributed by atoms with van der Waals surface area (Å²) in [6.07, 6.45) is 0. The summed E-state index contributed by atoms with van der Waals surface area (Å²) < 4.78 is 0. The molecule has 0 aliphatic rings. The van der Waals surface area contributed by atoms with Crippen LogP contribution < -0.4 is 0 Å². The van der Waals surface area contributed by atoms with Gasteiger partial charge in [0.15, 0.2) is 6.07 Å². The lowest BCUT2D eigenvalue weighted by atomic mass is 10.1. The van der Waals surface area contributed by atoms with Crippen molar-refractivity contribution in [2.24, 2.45) is 0 Å². The van der Waals surface area contributed by atoms with Crippen molar-refractivity contribution in [2.45, 2.75) is 0 Å². The zero-order valence-electron chi connectivity index (χ0n) is 7.80. The maximum atomic E-state index is 10.7. The Bertz CT molecular complexity index is 560. The van der Waals surface area contributed by atoms with Gasteiger partial charge in [-0.1, -0.05) is 5.92 Å². The minimum absolute atomic E-state index is 0.240. The van der Waals surface area contributed by atoms with Crippen LogP contribution in [0, 0.1) is 33.3 Å². The Hall–Kier alpha value is -2.86. The molecule has 1 aromatic rings. The average molecular weight is 216 g/mol. The largest absolute Gasteiger partial charge is 0.477 e. The van der Waals surface area contributed by atoms with Gasteiger partial charge < -0.3 is 5.11 Å². The van der Waals surface area contributed by atoms with Crippen LogP contribution in [0.5, 0.6) is 0 Å². The Balaban J connectivity index is 3.35. The summed E-state index contributed by atoms with van der Waals surface area (Å²) in [5.74, 6) is 3.02. The first-order valence-electron chi connectivity index (χ1n) is 3.98. The number of rotatable bonds is 2. The molecule has 0 fully saturated rings. The van der Waals surface area contributed by atoms with Crippen LogP contribution in [0.2, 0.25) is 0 Å². The molecule has 1 N–H and O–H groups in total. The van der Waals surface area contributed by atoms with E-state index in [1.54, 1.807) is 6.07 Å². The SMILES string of the molecule is N#CC#Cc1ccc([N+](=O)[O-])c(C(=O)O)c1. The molecule has 78 valence electrons. The molecule has 6 nitrogen and oxygen atoms in total. The maximum Gasteiger partial charge on any atom is 0.342 e. The highest BCUT2D eigenvalue weighted by atomic mass is 16.6. The molecule has 0 saturated carbocycles. The first kappa shape index (κ1) is 11.2. The molecule has 0 aliphatic heterocycles. The Morgan fingerprint density at radius 2 is 2.19 bits per heavy atom. The number of hydrogen-bond acceptors (Lipinski definition) is 4. The number of nitrogens with zero attached hydrogens (tertiary/aromatic N) is 2. The quantitative estimate of drug-likeness (QED) is 0.453. The Morgan fingerprint density at radius 1 is 1.50 bits per heavy atom. The van der Waals surface area contributed by atoms with E-state index < -0.39 is 22.1 Å². The van der Waals surface area contributed by atoms with Crippen molar-refractivity contribution in [1.82, 2.24) is 0 Å². The summed E-state index contributed by atoms with van der Waals surface area (Å²) in [4.78, 5) is 20.5. The zero-order valence-corrected chi connectivity index (χ0v) is 7.80. The highest BCUT2D eigenvalue weighted by Crippen LogP contribution is 2.19. The van der Waals surface area contributed by atoms with Crippen molar-refractivity contribution >= 4 is 11.7 Å². The molecule has 0 aliphatic carbocycles. The molecule has 0 atom stereocenters. The molecule has 0 aromatic heterocycles. The molecule has 0 saturated heterocycles. The van der Waals surface area contributed by atoms with Gasteiger partial charge in [0.25, 0.3) is 5.69 Å². The lowest BCUT2D eigenvalue weighted by Gasteiger charge is -1.97. The predicted octanol–water partition coefficient (Wildman–Crippen LogP) is 1.17. The van der Waals surface area contributed by atoms with Gasteiger partial charge in [-0.2, -0.15) is 5.26 Å². The summed E-state index contributed by atoms with van der Waals surface area (Å²) >= 11 is 0.